The second-order valence-electron chi connectivity index (χ2n) is 7.38. The lowest BCUT2D eigenvalue weighted by Crippen LogP contribution is -2.55. The topological polar surface area (TPSA) is 52.7 Å². The molecule has 1 aliphatic heterocycles. The van der Waals surface area contributed by atoms with E-state index < -0.39 is 5.82 Å². The van der Waals surface area contributed by atoms with E-state index in [1.54, 1.807) is 12.1 Å². The van der Waals surface area contributed by atoms with Crippen LogP contribution in [0.25, 0.3) is 0 Å². The fourth-order valence-electron chi connectivity index (χ4n) is 4.03. The average Bonchev–Trinajstić information content (AvgIpc) is 3.13. The first-order valence-corrected chi connectivity index (χ1v) is 9.56. The van der Waals surface area contributed by atoms with E-state index in [1.165, 1.54) is 25.8 Å². The van der Waals surface area contributed by atoms with Gasteiger partial charge in [0.25, 0.3) is 0 Å². The van der Waals surface area contributed by atoms with Crippen LogP contribution in [0.4, 0.5) is 10.1 Å². The summed E-state index contributed by atoms with van der Waals surface area (Å²) in [5.74, 6) is -0.632. The van der Waals surface area contributed by atoms with Gasteiger partial charge in [0.15, 0.2) is 5.78 Å². The molecule has 5 nitrogen and oxygen atoms in total. The zero-order valence-corrected chi connectivity index (χ0v) is 15.6. The zero-order chi connectivity index (χ0) is 18.7. The maximum atomic E-state index is 14.0. The van der Waals surface area contributed by atoms with Crippen molar-refractivity contribution in [3.8, 4) is 0 Å². The number of ketones is 1. The van der Waals surface area contributed by atoms with Gasteiger partial charge in [0.2, 0.25) is 5.91 Å². The molecule has 1 aromatic carbocycles. The monoisotopic (exact) mass is 361 g/mol. The lowest BCUT2D eigenvalue weighted by molar-refractivity contribution is -0.126. The first-order valence-electron chi connectivity index (χ1n) is 9.56. The van der Waals surface area contributed by atoms with Crippen molar-refractivity contribution in [2.45, 2.75) is 51.6 Å². The molecule has 1 atom stereocenters. The largest absolute Gasteiger partial charge is 0.368 e. The van der Waals surface area contributed by atoms with Crippen molar-refractivity contribution in [3.05, 3.63) is 29.6 Å². The molecule has 1 aliphatic carbocycles. The number of benzene rings is 1. The third-order valence-electron chi connectivity index (χ3n) is 5.63. The van der Waals surface area contributed by atoms with Crippen molar-refractivity contribution in [1.82, 2.24) is 10.2 Å². The van der Waals surface area contributed by atoms with E-state index in [0.717, 1.165) is 12.8 Å². The summed E-state index contributed by atoms with van der Waals surface area (Å²) in [6.45, 7) is 6.12. The van der Waals surface area contributed by atoms with Gasteiger partial charge in [0, 0.05) is 32.2 Å². The van der Waals surface area contributed by atoms with Crippen LogP contribution in [0.1, 0.15) is 49.9 Å². The summed E-state index contributed by atoms with van der Waals surface area (Å²) in [6, 6.07) is 4.92. The molecule has 0 aromatic heterocycles. The lowest BCUT2D eigenvalue weighted by atomic mass is 10.1. The summed E-state index contributed by atoms with van der Waals surface area (Å²) in [7, 11) is 0. The Hall–Kier alpha value is -1.95. The molecule has 3 rings (SSSR count). The third kappa shape index (κ3) is 4.06. The SMILES string of the molecule is CC(=O)c1c(F)cccc1N1CCN(C(C)C(=O)NC2CCCC2)CC1. The van der Waals surface area contributed by atoms with Crippen LogP contribution in [-0.2, 0) is 4.79 Å². The second kappa shape index (κ2) is 8.16. The number of amides is 1. The summed E-state index contributed by atoms with van der Waals surface area (Å²) >= 11 is 0. The third-order valence-corrected chi connectivity index (χ3v) is 5.63. The van der Waals surface area contributed by atoms with Crippen molar-refractivity contribution < 1.29 is 14.0 Å². The summed E-state index contributed by atoms with van der Waals surface area (Å²) in [5, 5.41) is 3.16. The fourth-order valence-corrected chi connectivity index (χ4v) is 4.03. The van der Waals surface area contributed by atoms with Crippen LogP contribution in [0.3, 0.4) is 0 Å². The van der Waals surface area contributed by atoms with Gasteiger partial charge < -0.3 is 10.2 Å². The number of nitrogens with zero attached hydrogens (tertiary/aromatic N) is 2. The van der Waals surface area contributed by atoms with E-state index in [2.05, 4.69) is 10.2 Å². The number of anilines is 1. The number of hydrogen-bond donors (Lipinski definition) is 1. The first-order chi connectivity index (χ1) is 12.5. The van der Waals surface area contributed by atoms with Gasteiger partial charge in [-0.05, 0) is 38.8 Å². The maximum Gasteiger partial charge on any atom is 0.237 e. The average molecular weight is 361 g/mol. The highest BCUT2D eigenvalue weighted by molar-refractivity contribution is 6.00. The molecule has 2 aliphatic rings. The highest BCUT2D eigenvalue weighted by Gasteiger charge is 2.29. The molecule has 2 fully saturated rings. The molecule has 1 N–H and O–H groups in total. The molecule has 142 valence electrons. The predicted molar refractivity (Wildman–Crippen MR) is 100 cm³/mol. The van der Waals surface area contributed by atoms with Crippen LogP contribution in [0.2, 0.25) is 0 Å². The van der Waals surface area contributed by atoms with Crippen LogP contribution in [0.5, 0.6) is 0 Å². The van der Waals surface area contributed by atoms with Gasteiger partial charge in [0.05, 0.1) is 17.3 Å². The smallest absolute Gasteiger partial charge is 0.237 e. The maximum absolute atomic E-state index is 14.0. The molecule has 26 heavy (non-hydrogen) atoms. The lowest BCUT2D eigenvalue weighted by Gasteiger charge is -2.39. The second-order valence-corrected chi connectivity index (χ2v) is 7.38. The molecule has 1 unspecified atom stereocenters. The summed E-state index contributed by atoms with van der Waals surface area (Å²) < 4.78 is 14.0. The minimum absolute atomic E-state index is 0.0977. The van der Waals surface area contributed by atoms with Gasteiger partial charge in [-0.25, -0.2) is 4.39 Å². The summed E-state index contributed by atoms with van der Waals surface area (Å²) in [4.78, 5) is 28.5. The van der Waals surface area contributed by atoms with Gasteiger partial charge in [-0.3, -0.25) is 14.5 Å². The standard InChI is InChI=1S/C20H28FN3O2/c1-14(20(26)22-16-6-3-4-7-16)23-10-12-24(13-11-23)18-9-5-8-17(21)19(18)15(2)25/h5,8-9,14,16H,3-4,6-7,10-13H2,1-2H3,(H,22,26). The van der Waals surface area contributed by atoms with Crippen molar-refractivity contribution in [1.29, 1.82) is 0 Å². The Morgan fingerprint density at radius 3 is 2.42 bits per heavy atom. The first kappa shape index (κ1) is 18.8. The zero-order valence-electron chi connectivity index (χ0n) is 15.6. The number of nitrogens with one attached hydrogen (secondary N) is 1. The van der Waals surface area contributed by atoms with Crippen molar-refractivity contribution in [3.63, 3.8) is 0 Å². The van der Waals surface area contributed by atoms with Crippen molar-refractivity contribution in [2.24, 2.45) is 0 Å². The van der Waals surface area contributed by atoms with Gasteiger partial charge in [-0.2, -0.15) is 0 Å². The molecule has 1 heterocycles. The molecule has 1 amide bonds. The van der Waals surface area contributed by atoms with Gasteiger partial charge in [0.1, 0.15) is 5.82 Å². The van der Waals surface area contributed by atoms with Crippen LogP contribution in [-0.4, -0.2) is 54.9 Å². The summed E-state index contributed by atoms with van der Waals surface area (Å²) in [5.41, 5.74) is 0.813. The Bertz CT molecular complexity index is 665. The molecular weight excluding hydrogens is 333 g/mol. The van der Waals surface area contributed by atoms with Gasteiger partial charge in [-0.1, -0.05) is 18.9 Å². The van der Waals surface area contributed by atoms with E-state index in [1.807, 2.05) is 11.8 Å². The number of hydrogen-bond acceptors (Lipinski definition) is 4. The number of carbonyl (C=O) groups excluding carboxylic acids is 2. The normalized spacial score (nSPS) is 20.2. The number of Topliss-reactive ketones (excluding diaryl/α,β-unsaturated/α-hetero) is 1. The molecule has 0 radical (unpaired) electrons. The highest BCUT2D eigenvalue weighted by Crippen LogP contribution is 2.25. The number of rotatable bonds is 5. The number of carbonyl (C=O) groups is 2. The molecule has 1 saturated carbocycles. The van der Waals surface area contributed by atoms with Crippen molar-refractivity contribution >= 4 is 17.4 Å². The fraction of sp³-hybridized carbons (Fsp3) is 0.600. The van der Waals surface area contributed by atoms with Crippen LogP contribution in [0, 0.1) is 5.82 Å². The number of halogens is 1. The van der Waals surface area contributed by atoms with Crippen LogP contribution >= 0.6 is 0 Å². The van der Waals surface area contributed by atoms with E-state index >= 15 is 0 Å². The van der Waals surface area contributed by atoms with E-state index in [0.29, 0.717) is 37.9 Å². The molecule has 1 aromatic rings. The Morgan fingerprint density at radius 1 is 1.15 bits per heavy atom. The number of piperazine rings is 1. The van der Waals surface area contributed by atoms with E-state index in [-0.39, 0.29) is 23.3 Å². The molecule has 0 spiro atoms. The van der Waals surface area contributed by atoms with E-state index in [4.69, 9.17) is 0 Å². The highest BCUT2D eigenvalue weighted by atomic mass is 19.1. The quantitative estimate of drug-likeness (QED) is 0.819. The van der Waals surface area contributed by atoms with Gasteiger partial charge >= 0.3 is 0 Å². The van der Waals surface area contributed by atoms with Gasteiger partial charge in [-0.15, -0.1) is 0 Å². The molecular formula is C20H28FN3O2. The van der Waals surface area contributed by atoms with Crippen LogP contribution in [0.15, 0.2) is 18.2 Å². The van der Waals surface area contributed by atoms with Crippen LogP contribution < -0.4 is 10.2 Å². The minimum Gasteiger partial charge on any atom is -0.368 e. The van der Waals surface area contributed by atoms with E-state index in [9.17, 15) is 14.0 Å². The Balaban J connectivity index is 1.60. The molecule has 1 saturated heterocycles. The van der Waals surface area contributed by atoms with Crippen molar-refractivity contribution in [2.75, 3.05) is 31.1 Å². The Morgan fingerprint density at radius 2 is 1.81 bits per heavy atom. The molecule has 0 bridgehead atoms. The predicted octanol–water partition coefficient (Wildman–Crippen LogP) is 2.60. The Kier molecular flexibility index (Phi) is 5.91. The minimum atomic E-state index is -0.471. The Labute approximate surface area is 154 Å². The summed E-state index contributed by atoms with van der Waals surface area (Å²) in [6.07, 6.45) is 4.56. The molecule has 6 heteroatoms.